The third kappa shape index (κ3) is 4.49. The molecule has 0 unspecified atom stereocenters. The van der Waals surface area contributed by atoms with E-state index in [4.69, 9.17) is 4.98 Å². The Labute approximate surface area is 181 Å². The Morgan fingerprint density at radius 1 is 0.833 bits per heavy atom. The third-order valence-electron chi connectivity index (χ3n) is 5.20. The maximum absolute atomic E-state index is 13.2. The molecule has 0 amide bonds. The fourth-order valence-corrected chi connectivity index (χ4v) is 4.37. The smallest absolute Gasteiger partial charge is 0.262 e. The summed E-state index contributed by atoms with van der Waals surface area (Å²) in [6.45, 7) is 7.18. The number of thioether (sulfide) groups is 1. The van der Waals surface area contributed by atoms with Crippen molar-refractivity contribution in [3.05, 3.63) is 106 Å². The van der Waals surface area contributed by atoms with E-state index in [9.17, 15) is 4.79 Å². The van der Waals surface area contributed by atoms with E-state index in [1.165, 1.54) is 11.1 Å². The molecule has 4 aromatic rings. The second kappa shape index (κ2) is 8.49. The molecule has 0 aliphatic carbocycles. The van der Waals surface area contributed by atoms with Gasteiger partial charge in [-0.3, -0.25) is 9.36 Å². The van der Waals surface area contributed by atoms with Crippen molar-refractivity contribution in [3.8, 4) is 0 Å². The lowest BCUT2D eigenvalue weighted by Gasteiger charge is -2.19. The number of benzene rings is 3. The maximum Gasteiger partial charge on any atom is 0.262 e. The summed E-state index contributed by atoms with van der Waals surface area (Å²) in [4.78, 5) is 18.1. The molecular formula is C26H26N2OS. The second-order valence-corrected chi connectivity index (χ2v) is 9.47. The van der Waals surface area contributed by atoms with Crippen LogP contribution in [0.3, 0.4) is 0 Å². The predicted octanol–water partition coefficient (Wildman–Crippen LogP) is 6.03. The van der Waals surface area contributed by atoms with Gasteiger partial charge in [-0.2, -0.15) is 0 Å². The lowest BCUT2D eigenvalue weighted by molar-refractivity contribution is 0.590. The molecule has 0 aliphatic rings. The van der Waals surface area contributed by atoms with Crippen LogP contribution in [-0.4, -0.2) is 9.55 Å². The lowest BCUT2D eigenvalue weighted by atomic mass is 9.87. The quantitative estimate of drug-likeness (QED) is 0.295. The monoisotopic (exact) mass is 414 g/mol. The summed E-state index contributed by atoms with van der Waals surface area (Å²) in [6.07, 6.45) is 0. The first-order chi connectivity index (χ1) is 14.4. The Balaban J connectivity index is 1.67. The van der Waals surface area contributed by atoms with Gasteiger partial charge in [0.1, 0.15) is 0 Å². The summed E-state index contributed by atoms with van der Waals surface area (Å²) in [5, 5.41) is 1.41. The van der Waals surface area contributed by atoms with Crippen molar-refractivity contribution >= 4 is 22.7 Å². The van der Waals surface area contributed by atoms with E-state index >= 15 is 0 Å². The van der Waals surface area contributed by atoms with E-state index in [0.29, 0.717) is 11.9 Å². The van der Waals surface area contributed by atoms with Crippen LogP contribution in [0, 0.1) is 0 Å². The van der Waals surface area contributed by atoms with Gasteiger partial charge in [0.05, 0.1) is 17.4 Å². The van der Waals surface area contributed by atoms with Gasteiger partial charge in [-0.15, -0.1) is 0 Å². The molecule has 0 radical (unpaired) electrons. The zero-order valence-corrected chi connectivity index (χ0v) is 18.4. The number of fused-ring (bicyclic) bond motifs is 1. The van der Waals surface area contributed by atoms with Crippen LogP contribution in [0.2, 0.25) is 0 Å². The topological polar surface area (TPSA) is 34.9 Å². The summed E-state index contributed by atoms with van der Waals surface area (Å²) < 4.78 is 1.80. The molecule has 0 saturated carbocycles. The molecule has 4 rings (SSSR count). The van der Waals surface area contributed by atoms with Crippen molar-refractivity contribution in [1.82, 2.24) is 9.55 Å². The molecule has 0 bridgehead atoms. The first kappa shape index (κ1) is 20.4. The normalized spacial score (nSPS) is 11.7. The SMILES string of the molecule is CC(C)(C)c1ccc(CSc2nc3ccccc3c(=O)n2Cc2ccccc2)cc1. The standard InChI is InChI=1S/C26H26N2OS/c1-26(2,3)21-15-13-20(14-16-21)18-30-25-27-23-12-8-7-11-22(23)24(29)28(25)17-19-9-5-4-6-10-19/h4-16H,17-18H2,1-3H3. The van der Waals surface area contributed by atoms with Crippen LogP contribution in [0.25, 0.3) is 10.9 Å². The first-order valence-corrected chi connectivity index (χ1v) is 11.2. The average molecular weight is 415 g/mol. The highest BCUT2D eigenvalue weighted by Gasteiger charge is 2.14. The molecule has 1 heterocycles. The highest BCUT2D eigenvalue weighted by atomic mass is 32.2. The van der Waals surface area contributed by atoms with Gasteiger partial charge in [-0.05, 0) is 34.2 Å². The minimum atomic E-state index is 0.00929. The Kier molecular flexibility index (Phi) is 5.78. The zero-order chi connectivity index (χ0) is 21.1. The second-order valence-electron chi connectivity index (χ2n) is 8.52. The van der Waals surface area contributed by atoms with E-state index in [1.807, 2.05) is 54.6 Å². The number of aromatic nitrogens is 2. The molecule has 30 heavy (non-hydrogen) atoms. The Hall–Kier alpha value is -2.85. The maximum atomic E-state index is 13.2. The van der Waals surface area contributed by atoms with Crippen LogP contribution in [0.4, 0.5) is 0 Å². The van der Waals surface area contributed by atoms with E-state index in [-0.39, 0.29) is 11.0 Å². The van der Waals surface area contributed by atoms with Crippen LogP contribution in [0.5, 0.6) is 0 Å². The third-order valence-corrected chi connectivity index (χ3v) is 6.25. The highest BCUT2D eigenvalue weighted by molar-refractivity contribution is 7.98. The number of hydrogen-bond donors (Lipinski definition) is 0. The van der Waals surface area contributed by atoms with Crippen LogP contribution < -0.4 is 5.56 Å². The van der Waals surface area contributed by atoms with Gasteiger partial charge in [0.15, 0.2) is 5.16 Å². The minimum Gasteiger partial charge on any atom is -0.283 e. The van der Waals surface area contributed by atoms with Crippen molar-refractivity contribution < 1.29 is 0 Å². The van der Waals surface area contributed by atoms with Crippen LogP contribution in [0.1, 0.15) is 37.5 Å². The van der Waals surface area contributed by atoms with Gasteiger partial charge in [-0.1, -0.05) is 99.3 Å². The van der Waals surface area contributed by atoms with Crippen LogP contribution in [-0.2, 0) is 17.7 Å². The van der Waals surface area contributed by atoms with E-state index in [2.05, 4.69) is 45.0 Å². The van der Waals surface area contributed by atoms with Gasteiger partial charge in [0, 0.05) is 5.75 Å². The molecule has 0 N–H and O–H groups in total. The number of nitrogens with zero attached hydrogens (tertiary/aromatic N) is 2. The molecule has 0 aliphatic heterocycles. The molecule has 1 aromatic heterocycles. The highest BCUT2D eigenvalue weighted by Crippen LogP contribution is 2.26. The van der Waals surface area contributed by atoms with Crippen molar-refractivity contribution in [2.75, 3.05) is 0 Å². The summed E-state index contributed by atoms with van der Waals surface area (Å²) >= 11 is 1.61. The minimum absolute atomic E-state index is 0.00929. The lowest BCUT2D eigenvalue weighted by Crippen LogP contribution is -2.24. The molecule has 0 atom stereocenters. The van der Waals surface area contributed by atoms with E-state index in [1.54, 1.807) is 16.3 Å². The van der Waals surface area contributed by atoms with Gasteiger partial charge < -0.3 is 0 Å². The Morgan fingerprint density at radius 3 is 2.20 bits per heavy atom. The van der Waals surface area contributed by atoms with Crippen molar-refractivity contribution in [3.63, 3.8) is 0 Å². The van der Waals surface area contributed by atoms with Crippen LogP contribution >= 0.6 is 11.8 Å². The summed E-state index contributed by atoms with van der Waals surface area (Å²) in [5.74, 6) is 0.768. The molecule has 4 heteroatoms. The van der Waals surface area contributed by atoms with Gasteiger partial charge >= 0.3 is 0 Å². The number of hydrogen-bond acceptors (Lipinski definition) is 3. The summed E-state index contributed by atoms with van der Waals surface area (Å²) in [5.41, 5.74) is 4.53. The van der Waals surface area contributed by atoms with Gasteiger partial charge in [-0.25, -0.2) is 4.98 Å². The Morgan fingerprint density at radius 2 is 1.50 bits per heavy atom. The first-order valence-electron chi connectivity index (χ1n) is 10.2. The predicted molar refractivity (Wildman–Crippen MR) is 126 cm³/mol. The molecule has 152 valence electrons. The summed E-state index contributed by atoms with van der Waals surface area (Å²) in [7, 11) is 0. The zero-order valence-electron chi connectivity index (χ0n) is 17.6. The summed E-state index contributed by atoms with van der Waals surface area (Å²) in [6, 6.07) is 26.4. The molecule has 0 saturated heterocycles. The fraction of sp³-hybridized carbons (Fsp3) is 0.231. The average Bonchev–Trinajstić information content (AvgIpc) is 2.75. The molecule has 3 aromatic carbocycles. The van der Waals surface area contributed by atoms with Crippen LogP contribution in [0.15, 0.2) is 88.8 Å². The molecule has 0 spiro atoms. The van der Waals surface area contributed by atoms with Crippen molar-refractivity contribution in [2.24, 2.45) is 0 Å². The number of para-hydroxylation sites is 1. The van der Waals surface area contributed by atoms with Gasteiger partial charge in [0.25, 0.3) is 5.56 Å². The largest absolute Gasteiger partial charge is 0.283 e. The van der Waals surface area contributed by atoms with E-state index < -0.39 is 0 Å². The van der Waals surface area contributed by atoms with Crippen molar-refractivity contribution in [2.45, 2.75) is 43.6 Å². The molecule has 3 nitrogen and oxygen atoms in total. The molecular weight excluding hydrogens is 388 g/mol. The number of rotatable bonds is 5. The van der Waals surface area contributed by atoms with E-state index in [0.717, 1.165) is 22.0 Å². The Bertz CT molecular complexity index is 1210. The van der Waals surface area contributed by atoms with Gasteiger partial charge in [0.2, 0.25) is 0 Å². The molecule has 0 fully saturated rings. The fourth-order valence-electron chi connectivity index (χ4n) is 3.41. The van der Waals surface area contributed by atoms with Crippen molar-refractivity contribution in [1.29, 1.82) is 0 Å².